The molecule has 2 heterocycles. The number of thiophene rings is 1. The first-order chi connectivity index (χ1) is 9.04. The van der Waals surface area contributed by atoms with E-state index in [1.54, 1.807) is 11.4 Å². The standard InChI is InChI=1S/C12H14N2O4S/c1-2-3-8-10(15)14(12(18)13-8)6-7-4-5-19-9(7)11(16)17/h4-5,8H,2-3,6H2,1H3,(H,13,18)(H,16,17). The molecule has 7 heteroatoms. The van der Waals surface area contributed by atoms with E-state index < -0.39 is 18.0 Å². The molecule has 6 nitrogen and oxygen atoms in total. The highest BCUT2D eigenvalue weighted by Gasteiger charge is 2.37. The lowest BCUT2D eigenvalue weighted by atomic mass is 10.1. The number of hydrogen-bond acceptors (Lipinski definition) is 4. The van der Waals surface area contributed by atoms with Crippen LogP contribution in [-0.4, -0.2) is 34.0 Å². The van der Waals surface area contributed by atoms with Crippen LogP contribution in [0, 0.1) is 0 Å². The third-order valence-corrected chi connectivity index (χ3v) is 3.90. The molecule has 1 aromatic heterocycles. The maximum absolute atomic E-state index is 12.0. The van der Waals surface area contributed by atoms with Gasteiger partial charge in [0.1, 0.15) is 10.9 Å². The Bertz CT molecular complexity index is 526. The second-order valence-electron chi connectivity index (χ2n) is 4.30. The maximum Gasteiger partial charge on any atom is 0.346 e. The smallest absolute Gasteiger partial charge is 0.346 e. The molecule has 1 saturated heterocycles. The molecule has 1 atom stereocenters. The van der Waals surface area contributed by atoms with E-state index in [0.717, 1.165) is 22.7 Å². The van der Waals surface area contributed by atoms with Crippen molar-refractivity contribution >= 4 is 29.2 Å². The van der Waals surface area contributed by atoms with Gasteiger partial charge in [0.25, 0.3) is 5.91 Å². The number of carboxylic acids is 1. The second kappa shape index (κ2) is 5.40. The summed E-state index contributed by atoms with van der Waals surface area (Å²) in [4.78, 5) is 36.0. The quantitative estimate of drug-likeness (QED) is 0.804. The zero-order chi connectivity index (χ0) is 14.0. The van der Waals surface area contributed by atoms with E-state index in [2.05, 4.69) is 5.32 Å². The summed E-state index contributed by atoms with van der Waals surface area (Å²) in [6.45, 7) is 1.94. The minimum absolute atomic E-state index is 0.00993. The minimum Gasteiger partial charge on any atom is -0.477 e. The first kappa shape index (κ1) is 13.5. The summed E-state index contributed by atoms with van der Waals surface area (Å²) >= 11 is 1.09. The van der Waals surface area contributed by atoms with Crippen molar-refractivity contribution in [2.24, 2.45) is 0 Å². The van der Waals surface area contributed by atoms with Crippen molar-refractivity contribution in [3.8, 4) is 0 Å². The summed E-state index contributed by atoms with van der Waals surface area (Å²) in [5.74, 6) is -1.32. The Balaban J connectivity index is 2.15. The summed E-state index contributed by atoms with van der Waals surface area (Å²) in [5.41, 5.74) is 0.484. The Labute approximate surface area is 114 Å². The van der Waals surface area contributed by atoms with Crippen molar-refractivity contribution in [1.82, 2.24) is 10.2 Å². The van der Waals surface area contributed by atoms with Gasteiger partial charge in [-0.2, -0.15) is 0 Å². The fraction of sp³-hybridized carbons (Fsp3) is 0.417. The number of amides is 3. The third kappa shape index (κ3) is 2.60. The van der Waals surface area contributed by atoms with Crippen LogP contribution in [0.5, 0.6) is 0 Å². The monoisotopic (exact) mass is 282 g/mol. The lowest BCUT2D eigenvalue weighted by Gasteiger charge is -2.12. The largest absolute Gasteiger partial charge is 0.477 e. The molecule has 1 fully saturated rings. The summed E-state index contributed by atoms with van der Waals surface area (Å²) in [6.07, 6.45) is 1.39. The van der Waals surface area contributed by atoms with Gasteiger partial charge in [0, 0.05) is 0 Å². The van der Waals surface area contributed by atoms with Gasteiger partial charge in [0.05, 0.1) is 6.54 Å². The number of carbonyl (C=O) groups excluding carboxylic acids is 2. The molecule has 0 saturated carbocycles. The summed E-state index contributed by atoms with van der Waals surface area (Å²) < 4.78 is 0. The Kier molecular flexibility index (Phi) is 3.84. The first-order valence-corrected chi connectivity index (χ1v) is 6.84. The number of nitrogens with zero attached hydrogens (tertiary/aromatic N) is 1. The van der Waals surface area contributed by atoms with Crippen LogP contribution in [0.15, 0.2) is 11.4 Å². The number of imide groups is 1. The van der Waals surface area contributed by atoms with E-state index in [0.29, 0.717) is 12.0 Å². The van der Waals surface area contributed by atoms with Crippen LogP contribution >= 0.6 is 11.3 Å². The zero-order valence-electron chi connectivity index (χ0n) is 10.4. The molecule has 0 bridgehead atoms. The molecular formula is C12H14N2O4S. The molecule has 0 spiro atoms. The molecule has 1 aliphatic rings. The van der Waals surface area contributed by atoms with Crippen LogP contribution in [0.2, 0.25) is 0 Å². The average Bonchev–Trinajstić information content (AvgIpc) is 2.91. The number of hydrogen-bond donors (Lipinski definition) is 2. The third-order valence-electron chi connectivity index (χ3n) is 2.95. The maximum atomic E-state index is 12.0. The van der Waals surface area contributed by atoms with Crippen LogP contribution in [0.4, 0.5) is 4.79 Å². The number of aromatic carboxylic acids is 1. The number of nitrogens with one attached hydrogen (secondary N) is 1. The molecule has 2 rings (SSSR count). The fourth-order valence-corrected chi connectivity index (χ4v) is 2.78. The second-order valence-corrected chi connectivity index (χ2v) is 5.21. The molecule has 1 aliphatic heterocycles. The molecule has 102 valence electrons. The van der Waals surface area contributed by atoms with Crippen molar-refractivity contribution < 1.29 is 19.5 Å². The van der Waals surface area contributed by atoms with Gasteiger partial charge in [-0.3, -0.25) is 9.69 Å². The molecule has 1 aromatic rings. The van der Waals surface area contributed by atoms with Crippen LogP contribution in [0.3, 0.4) is 0 Å². The molecule has 19 heavy (non-hydrogen) atoms. The lowest BCUT2D eigenvalue weighted by Crippen LogP contribution is -2.31. The summed E-state index contributed by atoms with van der Waals surface area (Å²) in [5, 5.41) is 13.3. The van der Waals surface area contributed by atoms with Gasteiger partial charge in [0.2, 0.25) is 0 Å². The van der Waals surface area contributed by atoms with Crippen molar-refractivity contribution in [3.05, 3.63) is 21.9 Å². The van der Waals surface area contributed by atoms with Crippen molar-refractivity contribution in [1.29, 1.82) is 0 Å². The van der Waals surface area contributed by atoms with Crippen LogP contribution in [-0.2, 0) is 11.3 Å². The van der Waals surface area contributed by atoms with Crippen LogP contribution in [0.1, 0.15) is 35.0 Å². The number of rotatable bonds is 5. The molecule has 1 unspecified atom stereocenters. The topological polar surface area (TPSA) is 86.7 Å². The van der Waals surface area contributed by atoms with Crippen molar-refractivity contribution in [2.45, 2.75) is 32.4 Å². The predicted molar refractivity (Wildman–Crippen MR) is 69.1 cm³/mol. The van der Waals surface area contributed by atoms with Gasteiger partial charge in [0.15, 0.2) is 0 Å². The average molecular weight is 282 g/mol. The zero-order valence-corrected chi connectivity index (χ0v) is 11.2. The fourth-order valence-electron chi connectivity index (χ4n) is 2.03. The van der Waals surface area contributed by atoms with Crippen LogP contribution < -0.4 is 5.32 Å². The van der Waals surface area contributed by atoms with Gasteiger partial charge in [-0.15, -0.1) is 11.3 Å². The normalized spacial score (nSPS) is 18.8. The van der Waals surface area contributed by atoms with Gasteiger partial charge in [-0.05, 0) is 23.4 Å². The summed E-state index contributed by atoms with van der Waals surface area (Å²) in [7, 11) is 0. The number of urea groups is 1. The molecule has 3 amide bonds. The Hall–Kier alpha value is -1.89. The highest BCUT2D eigenvalue weighted by atomic mass is 32.1. The Morgan fingerprint density at radius 3 is 2.89 bits per heavy atom. The summed E-state index contributed by atoms with van der Waals surface area (Å²) in [6, 6.07) is 0.692. The van der Waals surface area contributed by atoms with E-state index in [-0.39, 0.29) is 17.3 Å². The lowest BCUT2D eigenvalue weighted by molar-refractivity contribution is -0.128. The minimum atomic E-state index is -1.04. The highest BCUT2D eigenvalue weighted by Crippen LogP contribution is 2.21. The molecule has 2 N–H and O–H groups in total. The Morgan fingerprint density at radius 2 is 2.26 bits per heavy atom. The SMILES string of the molecule is CCCC1NC(=O)N(Cc2ccsc2C(=O)O)C1=O. The van der Waals surface area contributed by atoms with E-state index in [9.17, 15) is 14.4 Å². The molecule has 0 aliphatic carbocycles. The highest BCUT2D eigenvalue weighted by molar-refractivity contribution is 7.12. The van der Waals surface area contributed by atoms with Crippen LogP contribution in [0.25, 0.3) is 0 Å². The molecular weight excluding hydrogens is 268 g/mol. The number of carboxylic acid groups (broad SMARTS) is 1. The predicted octanol–water partition coefficient (Wildman–Crippen LogP) is 1.67. The first-order valence-electron chi connectivity index (χ1n) is 5.96. The molecule has 0 aromatic carbocycles. The van der Waals surface area contributed by atoms with Gasteiger partial charge in [-0.25, -0.2) is 9.59 Å². The van der Waals surface area contributed by atoms with E-state index in [1.807, 2.05) is 6.92 Å². The van der Waals surface area contributed by atoms with E-state index >= 15 is 0 Å². The van der Waals surface area contributed by atoms with Gasteiger partial charge >= 0.3 is 12.0 Å². The van der Waals surface area contributed by atoms with Gasteiger partial charge < -0.3 is 10.4 Å². The molecule has 0 radical (unpaired) electrons. The number of carbonyl (C=O) groups is 3. The van der Waals surface area contributed by atoms with Gasteiger partial charge in [-0.1, -0.05) is 13.3 Å². The van der Waals surface area contributed by atoms with Crippen molar-refractivity contribution in [3.63, 3.8) is 0 Å². The van der Waals surface area contributed by atoms with E-state index in [4.69, 9.17) is 5.11 Å². The van der Waals surface area contributed by atoms with E-state index in [1.165, 1.54) is 0 Å². The Morgan fingerprint density at radius 1 is 1.53 bits per heavy atom. The van der Waals surface area contributed by atoms with Crippen molar-refractivity contribution in [2.75, 3.05) is 0 Å².